The standard InChI is InChI=1S/C10H13ClN2O3S2/c1-12-10(14)9-7(6-8(11)17-9)18(15,16)13-4-2-3-5-13/h6H,2-5H2,1H3,(H,12,14). The van der Waals surface area contributed by atoms with Gasteiger partial charge in [-0.05, 0) is 18.9 Å². The van der Waals surface area contributed by atoms with E-state index in [4.69, 9.17) is 11.6 Å². The number of thiophene rings is 1. The molecule has 1 aliphatic rings. The summed E-state index contributed by atoms with van der Waals surface area (Å²) in [5, 5.41) is 2.43. The number of carbonyl (C=O) groups is 1. The zero-order valence-electron chi connectivity index (χ0n) is 9.77. The summed E-state index contributed by atoms with van der Waals surface area (Å²) in [5.74, 6) is -0.426. The topological polar surface area (TPSA) is 66.5 Å². The highest BCUT2D eigenvalue weighted by Crippen LogP contribution is 2.33. The SMILES string of the molecule is CNC(=O)c1sc(Cl)cc1S(=O)(=O)N1CCCC1. The fourth-order valence-electron chi connectivity index (χ4n) is 1.88. The van der Waals surface area contributed by atoms with Crippen molar-refractivity contribution in [2.45, 2.75) is 17.7 Å². The summed E-state index contributed by atoms with van der Waals surface area (Å²) in [6, 6.07) is 1.35. The molecule has 18 heavy (non-hydrogen) atoms. The molecule has 2 rings (SSSR count). The van der Waals surface area contributed by atoms with Crippen molar-refractivity contribution in [3.8, 4) is 0 Å². The minimum atomic E-state index is -3.61. The summed E-state index contributed by atoms with van der Waals surface area (Å²) >= 11 is 6.82. The monoisotopic (exact) mass is 308 g/mol. The van der Waals surface area contributed by atoms with E-state index in [9.17, 15) is 13.2 Å². The lowest BCUT2D eigenvalue weighted by molar-refractivity contribution is 0.0964. The molecule has 8 heteroatoms. The maximum atomic E-state index is 12.4. The maximum Gasteiger partial charge on any atom is 0.262 e. The normalized spacial score (nSPS) is 17.0. The Hall–Kier alpha value is -0.630. The first-order valence-corrected chi connectivity index (χ1v) is 8.12. The largest absolute Gasteiger partial charge is 0.354 e. The van der Waals surface area contributed by atoms with Crippen molar-refractivity contribution in [3.63, 3.8) is 0 Å². The second kappa shape index (κ2) is 5.16. The summed E-state index contributed by atoms with van der Waals surface area (Å²) in [4.78, 5) is 11.8. The van der Waals surface area contributed by atoms with Gasteiger partial charge in [0.05, 0.1) is 4.34 Å². The van der Waals surface area contributed by atoms with Crippen LogP contribution in [0.5, 0.6) is 0 Å². The Balaban J connectivity index is 2.46. The van der Waals surface area contributed by atoms with Gasteiger partial charge in [0.1, 0.15) is 9.77 Å². The first-order valence-electron chi connectivity index (χ1n) is 5.48. The molecular formula is C10H13ClN2O3S2. The third kappa shape index (κ3) is 2.40. The van der Waals surface area contributed by atoms with E-state index in [0.29, 0.717) is 17.4 Å². The van der Waals surface area contributed by atoms with Gasteiger partial charge in [0.2, 0.25) is 10.0 Å². The number of sulfonamides is 1. The average molecular weight is 309 g/mol. The molecule has 0 bridgehead atoms. The predicted octanol–water partition coefficient (Wildman–Crippen LogP) is 1.55. The van der Waals surface area contributed by atoms with Crippen LogP contribution >= 0.6 is 22.9 Å². The molecule has 0 aliphatic carbocycles. The first-order chi connectivity index (χ1) is 8.46. The van der Waals surface area contributed by atoms with E-state index >= 15 is 0 Å². The summed E-state index contributed by atoms with van der Waals surface area (Å²) in [5.41, 5.74) is 0. The van der Waals surface area contributed by atoms with E-state index in [1.165, 1.54) is 17.4 Å². The van der Waals surface area contributed by atoms with Gasteiger partial charge in [-0.25, -0.2) is 8.42 Å². The second-order valence-corrected chi connectivity index (χ2v) is 7.52. The lowest BCUT2D eigenvalue weighted by Gasteiger charge is -2.15. The summed E-state index contributed by atoms with van der Waals surface area (Å²) in [7, 11) is -2.14. The van der Waals surface area contributed by atoms with Gasteiger partial charge in [-0.1, -0.05) is 11.6 Å². The number of nitrogens with zero attached hydrogens (tertiary/aromatic N) is 1. The van der Waals surface area contributed by atoms with Crippen molar-refractivity contribution in [3.05, 3.63) is 15.3 Å². The summed E-state index contributed by atoms with van der Waals surface area (Å²) in [6.45, 7) is 1.01. The van der Waals surface area contributed by atoms with Gasteiger partial charge in [0.25, 0.3) is 5.91 Å². The molecular weight excluding hydrogens is 296 g/mol. The van der Waals surface area contributed by atoms with Crippen LogP contribution in [0.25, 0.3) is 0 Å². The molecule has 2 heterocycles. The van der Waals surface area contributed by atoms with Crippen molar-refractivity contribution >= 4 is 38.9 Å². The van der Waals surface area contributed by atoms with E-state index < -0.39 is 15.9 Å². The molecule has 0 unspecified atom stereocenters. The molecule has 0 atom stereocenters. The Kier molecular flexibility index (Phi) is 3.96. The minimum Gasteiger partial charge on any atom is -0.354 e. The van der Waals surface area contributed by atoms with Crippen LogP contribution in [0.1, 0.15) is 22.5 Å². The zero-order chi connectivity index (χ0) is 13.3. The number of nitrogens with one attached hydrogen (secondary N) is 1. The van der Waals surface area contributed by atoms with Crippen LogP contribution in [-0.4, -0.2) is 38.8 Å². The quantitative estimate of drug-likeness (QED) is 0.921. The van der Waals surface area contributed by atoms with Crippen molar-refractivity contribution < 1.29 is 13.2 Å². The highest BCUT2D eigenvalue weighted by Gasteiger charge is 2.32. The molecule has 1 N–H and O–H groups in total. The van der Waals surface area contributed by atoms with Crippen molar-refractivity contribution in [1.82, 2.24) is 9.62 Å². The first kappa shape index (κ1) is 13.8. The molecule has 5 nitrogen and oxygen atoms in total. The molecule has 0 saturated carbocycles. The van der Waals surface area contributed by atoms with Crippen molar-refractivity contribution in [2.75, 3.05) is 20.1 Å². The summed E-state index contributed by atoms with van der Waals surface area (Å²) in [6.07, 6.45) is 1.71. The van der Waals surface area contributed by atoms with Crippen LogP contribution in [-0.2, 0) is 10.0 Å². The molecule has 0 aromatic carbocycles. The third-order valence-electron chi connectivity index (χ3n) is 2.78. The lowest BCUT2D eigenvalue weighted by atomic mass is 10.4. The van der Waals surface area contributed by atoms with Crippen molar-refractivity contribution in [2.24, 2.45) is 0 Å². The highest BCUT2D eigenvalue weighted by atomic mass is 35.5. The maximum absolute atomic E-state index is 12.4. The molecule has 1 aromatic heterocycles. The molecule has 1 amide bonds. The van der Waals surface area contributed by atoms with Crippen LogP contribution in [0.4, 0.5) is 0 Å². The van der Waals surface area contributed by atoms with Gasteiger partial charge in [0.15, 0.2) is 0 Å². The van der Waals surface area contributed by atoms with Gasteiger partial charge in [0, 0.05) is 20.1 Å². The molecule has 1 aliphatic heterocycles. The Morgan fingerprint density at radius 1 is 1.44 bits per heavy atom. The molecule has 1 aromatic rings. The van der Waals surface area contributed by atoms with Gasteiger partial charge in [-0.3, -0.25) is 4.79 Å². The number of hydrogen-bond donors (Lipinski definition) is 1. The van der Waals surface area contributed by atoms with E-state index in [1.54, 1.807) is 0 Å². The number of rotatable bonds is 3. The minimum absolute atomic E-state index is 0.0127. The fraction of sp³-hybridized carbons (Fsp3) is 0.500. The van der Waals surface area contributed by atoms with Crippen LogP contribution in [0.2, 0.25) is 4.34 Å². The summed E-state index contributed by atoms with van der Waals surface area (Å²) < 4.78 is 26.5. The van der Waals surface area contributed by atoms with Gasteiger partial charge in [-0.2, -0.15) is 4.31 Å². The van der Waals surface area contributed by atoms with Crippen LogP contribution in [0, 0.1) is 0 Å². The fourth-order valence-corrected chi connectivity index (χ4v) is 5.13. The van der Waals surface area contributed by atoms with Gasteiger partial charge in [-0.15, -0.1) is 11.3 Å². The van der Waals surface area contributed by atoms with E-state index in [0.717, 1.165) is 24.2 Å². The Labute approximate surface area is 115 Å². The Morgan fingerprint density at radius 3 is 2.61 bits per heavy atom. The second-order valence-electron chi connectivity index (χ2n) is 3.93. The molecule has 100 valence electrons. The van der Waals surface area contributed by atoms with Gasteiger partial charge < -0.3 is 5.32 Å². The third-order valence-corrected chi connectivity index (χ3v) is 6.10. The highest BCUT2D eigenvalue weighted by molar-refractivity contribution is 7.89. The Bertz CT molecular complexity index is 562. The van der Waals surface area contributed by atoms with Crippen LogP contribution in [0.3, 0.4) is 0 Å². The van der Waals surface area contributed by atoms with Crippen LogP contribution in [0.15, 0.2) is 11.0 Å². The van der Waals surface area contributed by atoms with E-state index in [2.05, 4.69) is 5.32 Å². The van der Waals surface area contributed by atoms with Crippen molar-refractivity contribution in [1.29, 1.82) is 0 Å². The molecule has 1 fully saturated rings. The van der Waals surface area contributed by atoms with E-state index in [-0.39, 0.29) is 9.77 Å². The predicted molar refractivity (Wildman–Crippen MR) is 70.7 cm³/mol. The smallest absolute Gasteiger partial charge is 0.262 e. The lowest BCUT2D eigenvalue weighted by Crippen LogP contribution is -2.29. The van der Waals surface area contributed by atoms with E-state index in [1.807, 2.05) is 0 Å². The Morgan fingerprint density at radius 2 is 2.06 bits per heavy atom. The molecule has 1 saturated heterocycles. The zero-order valence-corrected chi connectivity index (χ0v) is 12.2. The molecule has 0 radical (unpaired) electrons. The number of amides is 1. The number of carbonyl (C=O) groups excluding carboxylic acids is 1. The average Bonchev–Trinajstić information content (AvgIpc) is 2.96. The van der Waals surface area contributed by atoms with Crippen LogP contribution < -0.4 is 5.32 Å². The molecule has 0 spiro atoms. The number of halogens is 1. The van der Waals surface area contributed by atoms with Gasteiger partial charge >= 0.3 is 0 Å². The number of hydrogen-bond acceptors (Lipinski definition) is 4.